The highest BCUT2D eigenvalue weighted by Gasteiger charge is 2.37. The lowest BCUT2D eigenvalue weighted by molar-refractivity contribution is -0.135. The SMILES string of the molecule is CCN(CC(F)(F)F)S(=O)(=O)c1cc(CN)oc1C. The summed E-state index contributed by atoms with van der Waals surface area (Å²) in [5.41, 5.74) is 5.30. The summed E-state index contributed by atoms with van der Waals surface area (Å²) in [6.07, 6.45) is -4.60. The Labute approximate surface area is 109 Å². The van der Waals surface area contributed by atoms with E-state index in [-0.39, 0.29) is 29.5 Å². The van der Waals surface area contributed by atoms with Crippen LogP contribution in [0.15, 0.2) is 15.4 Å². The molecule has 0 unspecified atom stereocenters. The molecule has 0 aliphatic rings. The summed E-state index contributed by atoms with van der Waals surface area (Å²) in [6, 6.07) is 1.16. The molecule has 0 aliphatic carbocycles. The van der Waals surface area contributed by atoms with Gasteiger partial charge >= 0.3 is 6.18 Å². The van der Waals surface area contributed by atoms with Gasteiger partial charge in [0.05, 0.1) is 6.54 Å². The number of hydrogen-bond donors (Lipinski definition) is 1. The number of hydrogen-bond acceptors (Lipinski definition) is 4. The Morgan fingerprint density at radius 3 is 2.37 bits per heavy atom. The maximum absolute atomic E-state index is 12.4. The molecule has 0 amide bonds. The van der Waals surface area contributed by atoms with Crippen LogP contribution >= 0.6 is 0 Å². The summed E-state index contributed by atoms with van der Waals surface area (Å²) < 4.78 is 66.7. The minimum absolute atomic E-state index is 0.0260. The fourth-order valence-corrected chi connectivity index (χ4v) is 3.21. The van der Waals surface area contributed by atoms with Gasteiger partial charge in [0.15, 0.2) is 0 Å². The molecule has 1 aromatic heterocycles. The molecule has 0 radical (unpaired) electrons. The second-order valence-corrected chi connectivity index (χ2v) is 5.79. The first-order chi connectivity index (χ1) is 8.61. The van der Waals surface area contributed by atoms with Crippen LogP contribution in [0.4, 0.5) is 13.2 Å². The Balaban J connectivity index is 3.17. The second kappa shape index (κ2) is 5.51. The molecule has 0 aliphatic heterocycles. The van der Waals surface area contributed by atoms with Gasteiger partial charge in [0.25, 0.3) is 0 Å². The van der Waals surface area contributed by atoms with E-state index in [1.165, 1.54) is 13.8 Å². The summed E-state index contributed by atoms with van der Waals surface area (Å²) in [4.78, 5) is -0.279. The van der Waals surface area contributed by atoms with Gasteiger partial charge in [-0.15, -0.1) is 0 Å². The van der Waals surface area contributed by atoms with Gasteiger partial charge in [-0.05, 0) is 6.92 Å². The standard InChI is InChI=1S/C10H15F3N2O3S/c1-3-15(6-10(11,12)13)19(16,17)9-4-8(5-14)18-7(9)2/h4H,3,5-6,14H2,1-2H3. The summed E-state index contributed by atoms with van der Waals surface area (Å²) in [7, 11) is -4.24. The van der Waals surface area contributed by atoms with Gasteiger partial charge in [0.2, 0.25) is 10.0 Å². The monoisotopic (exact) mass is 300 g/mol. The van der Waals surface area contributed by atoms with Crippen molar-refractivity contribution in [3.63, 3.8) is 0 Å². The first-order valence-corrected chi connectivity index (χ1v) is 6.92. The molecular formula is C10H15F3N2O3S. The Kier molecular flexibility index (Phi) is 4.64. The van der Waals surface area contributed by atoms with E-state index in [0.717, 1.165) is 6.07 Å². The minimum atomic E-state index is -4.60. The van der Waals surface area contributed by atoms with Crippen molar-refractivity contribution in [3.05, 3.63) is 17.6 Å². The van der Waals surface area contributed by atoms with E-state index in [1.54, 1.807) is 0 Å². The lowest BCUT2D eigenvalue weighted by Crippen LogP contribution is -2.38. The fourth-order valence-electron chi connectivity index (χ4n) is 1.59. The fraction of sp³-hybridized carbons (Fsp3) is 0.600. The highest BCUT2D eigenvalue weighted by molar-refractivity contribution is 7.89. The normalized spacial score (nSPS) is 13.2. The van der Waals surface area contributed by atoms with E-state index in [9.17, 15) is 21.6 Å². The third-order valence-corrected chi connectivity index (χ3v) is 4.48. The van der Waals surface area contributed by atoms with Crippen LogP contribution < -0.4 is 5.73 Å². The molecule has 0 bridgehead atoms. The third kappa shape index (κ3) is 3.71. The Hall–Kier alpha value is -1.06. The first kappa shape index (κ1) is 16.0. The van der Waals surface area contributed by atoms with Crippen molar-refractivity contribution in [2.75, 3.05) is 13.1 Å². The number of rotatable bonds is 5. The molecule has 1 rings (SSSR count). The molecule has 0 atom stereocenters. The predicted molar refractivity (Wildman–Crippen MR) is 61.8 cm³/mol. The molecule has 1 heterocycles. The van der Waals surface area contributed by atoms with Crippen molar-refractivity contribution in [1.29, 1.82) is 0 Å². The van der Waals surface area contributed by atoms with Gasteiger partial charge in [0, 0.05) is 12.6 Å². The smallest absolute Gasteiger partial charge is 0.402 e. The molecule has 1 aromatic rings. The van der Waals surface area contributed by atoms with E-state index in [1.807, 2.05) is 0 Å². The third-order valence-electron chi connectivity index (χ3n) is 2.45. The lowest BCUT2D eigenvalue weighted by Gasteiger charge is -2.21. The highest BCUT2D eigenvalue weighted by atomic mass is 32.2. The average molecular weight is 300 g/mol. The van der Waals surface area contributed by atoms with Crippen molar-refractivity contribution in [1.82, 2.24) is 4.31 Å². The zero-order chi connectivity index (χ0) is 14.8. The molecule has 9 heteroatoms. The zero-order valence-electron chi connectivity index (χ0n) is 10.5. The molecule has 0 saturated heterocycles. The molecule has 0 aromatic carbocycles. The van der Waals surface area contributed by atoms with Gasteiger partial charge in [0.1, 0.15) is 23.0 Å². The Bertz CT molecular complexity index is 537. The average Bonchev–Trinajstić information content (AvgIpc) is 2.66. The molecule has 19 heavy (non-hydrogen) atoms. The van der Waals surface area contributed by atoms with E-state index in [0.29, 0.717) is 4.31 Å². The van der Waals surface area contributed by atoms with Crippen LogP contribution in [0.25, 0.3) is 0 Å². The highest BCUT2D eigenvalue weighted by Crippen LogP contribution is 2.26. The lowest BCUT2D eigenvalue weighted by atomic mass is 10.4. The van der Waals surface area contributed by atoms with Gasteiger partial charge < -0.3 is 10.2 Å². The van der Waals surface area contributed by atoms with Crippen molar-refractivity contribution < 1.29 is 26.0 Å². The maximum Gasteiger partial charge on any atom is 0.402 e. The number of halogens is 3. The number of aryl methyl sites for hydroxylation is 1. The first-order valence-electron chi connectivity index (χ1n) is 5.48. The number of nitrogens with two attached hydrogens (primary N) is 1. The zero-order valence-corrected chi connectivity index (χ0v) is 11.3. The van der Waals surface area contributed by atoms with Crippen LogP contribution in [0.3, 0.4) is 0 Å². The summed E-state index contributed by atoms with van der Waals surface area (Å²) >= 11 is 0. The van der Waals surface area contributed by atoms with Crippen molar-refractivity contribution in [3.8, 4) is 0 Å². The van der Waals surface area contributed by atoms with Crippen LogP contribution in [0.5, 0.6) is 0 Å². The summed E-state index contributed by atoms with van der Waals surface area (Å²) in [5.74, 6) is 0.236. The second-order valence-electron chi connectivity index (χ2n) is 3.88. The van der Waals surface area contributed by atoms with E-state index >= 15 is 0 Å². The van der Waals surface area contributed by atoms with Gasteiger partial charge in [-0.1, -0.05) is 6.92 Å². The van der Waals surface area contributed by atoms with Gasteiger partial charge in [-0.25, -0.2) is 8.42 Å². The van der Waals surface area contributed by atoms with Crippen LogP contribution in [0.2, 0.25) is 0 Å². The number of alkyl halides is 3. The quantitative estimate of drug-likeness (QED) is 0.896. The topological polar surface area (TPSA) is 76.5 Å². The molecule has 5 nitrogen and oxygen atoms in total. The number of nitrogens with zero attached hydrogens (tertiary/aromatic N) is 1. The van der Waals surface area contributed by atoms with E-state index < -0.39 is 22.7 Å². The van der Waals surface area contributed by atoms with Crippen LogP contribution in [-0.4, -0.2) is 32.0 Å². The van der Waals surface area contributed by atoms with Crippen molar-refractivity contribution in [2.24, 2.45) is 5.73 Å². The predicted octanol–water partition coefficient (Wildman–Crippen LogP) is 1.62. The van der Waals surface area contributed by atoms with E-state index in [2.05, 4.69) is 0 Å². The van der Waals surface area contributed by atoms with Crippen LogP contribution in [-0.2, 0) is 16.6 Å². The van der Waals surface area contributed by atoms with Crippen LogP contribution in [0.1, 0.15) is 18.4 Å². The molecular weight excluding hydrogens is 285 g/mol. The Morgan fingerprint density at radius 1 is 1.42 bits per heavy atom. The van der Waals surface area contributed by atoms with E-state index in [4.69, 9.17) is 10.2 Å². The largest absolute Gasteiger partial charge is 0.464 e. The molecule has 0 saturated carbocycles. The number of furan rings is 1. The summed E-state index contributed by atoms with van der Waals surface area (Å²) in [6.45, 7) is 0.858. The molecule has 110 valence electrons. The van der Waals surface area contributed by atoms with Crippen LogP contribution in [0, 0.1) is 6.92 Å². The van der Waals surface area contributed by atoms with Crippen molar-refractivity contribution >= 4 is 10.0 Å². The summed E-state index contributed by atoms with van der Waals surface area (Å²) in [5, 5.41) is 0. The molecule has 2 N–H and O–H groups in total. The number of sulfonamides is 1. The Morgan fingerprint density at radius 2 is 2.00 bits per heavy atom. The minimum Gasteiger partial charge on any atom is -0.464 e. The molecule has 0 fully saturated rings. The maximum atomic E-state index is 12.4. The van der Waals surface area contributed by atoms with Gasteiger partial charge in [-0.3, -0.25) is 0 Å². The van der Waals surface area contributed by atoms with Gasteiger partial charge in [-0.2, -0.15) is 17.5 Å². The van der Waals surface area contributed by atoms with Crippen molar-refractivity contribution in [2.45, 2.75) is 31.5 Å². The molecule has 0 spiro atoms.